The van der Waals surface area contributed by atoms with E-state index in [4.69, 9.17) is 5.73 Å². The molecule has 0 saturated carbocycles. The van der Waals surface area contributed by atoms with Gasteiger partial charge in [0.25, 0.3) is 0 Å². The molecule has 2 rings (SSSR count). The van der Waals surface area contributed by atoms with E-state index < -0.39 is 12.0 Å². The summed E-state index contributed by atoms with van der Waals surface area (Å²) in [6.07, 6.45) is 0. The van der Waals surface area contributed by atoms with E-state index >= 15 is 0 Å². The van der Waals surface area contributed by atoms with E-state index in [-0.39, 0.29) is 6.04 Å². The van der Waals surface area contributed by atoms with Gasteiger partial charge in [-0.15, -0.1) is 0 Å². The van der Waals surface area contributed by atoms with Gasteiger partial charge in [0.1, 0.15) is 11.9 Å². The third-order valence-electron chi connectivity index (χ3n) is 3.48. The monoisotopic (exact) mass is 261 g/mol. The third kappa shape index (κ3) is 2.21. The van der Waals surface area contributed by atoms with Gasteiger partial charge >= 0.3 is 5.97 Å². The Labute approximate surface area is 112 Å². The van der Waals surface area contributed by atoms with Crippen molar-refractivity contribution in [3.05, 3.63) is 29.1 Å². The second kappa shape index (κ2) is 4.66. The van der Waals surface area contributed by atoms with Crippen LogP contribution >= 0.6 is 0 Å². The van der Waals surface area contributed by atoms with Crippen molar-refractivity contribution in [2.45, 2.75) is 39.8 Å². The van der Waals surface area contributed by atoms with Gasteiger partial charge in [0.2, 0.25) is 0 Å². The predicted octanol–water partition coefficient (Wildman–Crippen LogP) is 2.32. The summed E-state index contributed by atoms with van der Waals surface area (Å²) < 4.78 is 1.72. The number of hydrogen-bond acceptors (Lipinski definition) is 3. The molecule has 0 radical (unpaired) electrons. The van der Waals surface area contributed by atoms with Crippen molar-refractivity contribution in [2.24, 2.45) is 5.73 Å². The number of carbonyl (C=O) groups is 1. The van der Waals surface area contributed by atoms with Crippen molar-refractivity contribution >= 4 is 17.0 Å². The molecule has 3 N–H and O–H groups in total. The summed E-state index contributed by atoms with van der Waals surface area (Å²) in [5.74, 6) is -0.283. The highest BCUT2D eigenvalue weighted by atomic mass is 16.4. The van der Waals surface area contributed by atoms with Gasteiger partial charge in [0.15, 0.2) is 0 Å². The molecule has 2 aromatic rings. The number of benzene rings is 1. The van der Waals surface area contributed by atoms with Gasteiger partial charge < -0.3 is 15.4 Å². The molecule has 1 aromatic heterocycles. The zero-order valence-electron chi connectivity index (χ0n) is 11.6. The number of nitrogens with two attached hydrogens (primary N) is 1. The van der Waals surface area contributed by atoms with Gasteiger partial charge in [-0.1, -0.05) is 0 Å². The van der Waals surface area contributed by atoms with Crippen LogP contribution in [-0.4, -0.2) is 20.6 Å². The Morgan fingerprint density at radius 2 is 1.89 bits per heavy atom. The molecular formula is C14H19N3O2. The topological polar surface area (TPSA) is 81.1 Å². The Balaban J connectivity index is 2.80. The van der Waals surface area contributed by atoms with Crippen molar-refractivity contribution in [3.8, 4) is 0 Å². The first kappa shape index (κ1) is 13.5. The molecule has 5 nitrogen and oxygen atoms in total. The van der Waals surface area contributed by atoms with E-state index in [2.05, 4.69) is 4.98 Å². The summed E-state index contributed by atoms with van der Waals surface area (Å²) in [5.41, 5.74) is 9.78. The van der Waals surface area contributed by atoms with Crippen LogP contribution in [0.15, 0.2) is 12.1 Å². The molecule has 19 heavy (non-hydrogen) atoms. The number of hydrogen-bond donors (Lipinski definition) is 2. The zero-order valence-corrected chi connectivity index (χ0v) is 11.6. The lowest BCUT2D eigenvalue weighted by atomic mass is 10.1. The van der Waals surface area contributed by atoms with E-state index in [0.717, 1.165) is 22.2 Å². The van der Waals surface area contributed by atoms with E-state index in [1.165, 1.54) is 0 Å². The number of aromatic nitrogens is 2. The molecule has 2 atom stereocenters. The van der Waals surface area contributed by atoms with Gasteiger partial charge in [-0.25, -0.2) is 9.78 Å². The average molecular weight is 261 g/mol. The summed E-state index contributed by atoms with van der Waals surface area (Å²) in [4.78, 5) is 15.8. The van der Waals surface area contributed by atoms with E-state index in [9.17, 15) is 9.90 Å². The van der Waals surface area contributed by atoms with Gasteiger partial charge in [-0.3, -0.25) is 0 Å². The summed E-state index contributed by atoms with van der Waals surface area (Å²) >= 11 is 0. The van der Waals surface area contributed by atoms with E-state index in [1.54, 1.807) is 11.5 Å². The Kier molecular flexibility index (Phi) is 3.32. The molecule has 0 spiro atoms. The maximum Gasteiger partial charge on any atom is 0.326 e. The number of aryl methyl sites for hydroxylation is 2. The lowest BCUT2D eigenvalue weighted by Gasteiger charge is -2.15. The highest BCUT2D eigenvalue weighted by Crippen LogP contribution is 2.26. The van der Waals surface area contributed by atoms with Crippen LogP contribution in [0, 0.1) is 13.8 Å². The Morgan fingerprint density at radius 1 is 1.32 bits per heavy atom. The standard InChI is InChI=1S/C14H19N3O2/c1-7-5-11-12(6-8(7)2)17(10(4)14(18)19)13(16-11)9(3)15/h5-6,9-10H,15H2,1-4H3,(H,18,19). The molecule has 0 fully saturated rings. The molecular weight excluding hydrogens is 242 g/mol. The normalized spacial score (nSPS) is 14.6. The van der Waals surface area contributed by atoms with Crippen LogP contribution in [0.3, 0.4) is 0 Å². The van der Waals surface area contributed by atoms with Crippen molar-refractivity contribution in [3.63, 3.8) is 0 Å². The minimum absolute atomic E-state index is 0.310. The van der Waals surface area contributed by atoms with Crippen molar-refractivity contribution in [2.75, 3.05) is 0 Å². The first-order valence-electron chi connectivity index (χ1n) is 6.30. The third-order valence-corrected chi connectivity index (χ3v) is 3.48. The van der Waals surface area contributed by atoms with E-state index in [1.807, 2.05) is 32.9 Å². The molecule has 0 saturated heterocycles. The number of nitrogens with zero attached hydrogens (tertiary/aromatic N) is 2. The fourth-order valence-electron chi connectivity index (χ4n) is 2.21. The minimum atomic E-state index is -0.889. The molecule has 5 heteroatoms. The van der Waals surface area contributed by atoms with Crippen LogP contribution in [0.1, 0.15) is 42.9 Å². The number of rotatable bonds is 3. The zero-order chi connectivity index (χ0) is 14.3. The van der Waals surface area contributed by atoms with Gasteiger partial charge in [0, 0.05) is 0 Å². The Hall–Kier alpha value is -1.88. The van der Waals surface area contributed by atoms with Gasteiger partial charge in [0.05, 0.1) is 17.1 Å². The maximum atomic E-state index is 11.3. The van der Waals surface area contributed by atoms with Crippen LogP contribution in [0.25, 0.3) is 11.0 Å². The molecule has 0 bridgehead atoms. The van der Waals surface area contributed by atoms with Crippen LogP contribution in [0.2, 0.25) is 0 Å². The smallest absolute Gasteiger partial charge is 0.326 e. The highest BCUT2D eigenvalue weighted by Gasteiger charge is 2.22. The molecule has 102 valence electrons. The largest absolute Gasteiger partial charge is 0.480 e. The van der Waals surface area contributed by atoms with Gasteiger partial charge in [-0.05, 0) is 51.0 Å². The van der Waals surface area contributed by atoms with Crippen molar-refractivity contribution in [1.29, 1.82) is 0 Å². The van der Waals surface area contributed by atoms with Crippen molar-refractivity contribution in [1.82, 2.24) is 9.55 Å². The Bertz CT molecular complexity index is 644. The average Bonchev–Trinajstić information content (AvgIpc) is 2.67. The number of carboxylic acid groups (broad SMARTS) is 1. The number of aliphatic carboxylic acids is 1. The first-order chi connectivity index (χ1) is 8.82. The van der Waals surface area contributed by atoms with Crippen molar-refractivity contribution < 1.29 is 9.90 Å². The Morgan fingerprint density at radius 3 is 2.42 bits per heavy atom. The minimum Gasteiger partial charge on any atom is -0.480 e. The van der Waals surface area contributed by atoms with Gasteiger partial charge in [-0.2, -0.15) is 0 Å². The number of fused-ring (bicyclic) bond motifs is 1. The second-order valence-electron chi connectivity index (χ2n) is 5.07. The second-order valence-corrected chi connectivity index (χ2v) is 5.07. The molecule has 0 aliphatic rings. The predicted molar refractivity (Wildman–Crippen MR) is 74.2 cm³/mol. The lowest BCUT2D eigenvalue weighted by Crippen LogP contribution is -2.21. The van der Waals surface area contributed by atoms with Crippen LogP contribution in [-0.2, 0) is 4.79 Å². The molecule has 1 heterocycles. The number of imidazole rings is 1. The molecule has 0 amide bonds. The van der Waals surface area contributed by atoms with Crippen LogP contribution in [0.4, 0.5) is 0 Å². The summed E-state index contributed by atoms with van der Waals surface area (Å²) in [6, 6.07) is 2.95. The first-order valence-corrected chi connectivity index (χ1v) is 6.30. The van der Waals surface area contributed by atoms with E-state index in [0.29, 0.717) is 5.82 Å². The van der Waals surface area contributed by atoms with Crippen LogP contribution < -0.4 is 5.73 Å². The van der Waals surface area contributed by atoms with Crippen LogP contribution in [0.5, 0.6) is 0 Å². The molecule has 0 aliphatic carbocycles. The SMILES string of the molecule is Cc1cc2nc(C(C)N)n(C(C)C(=O)O)c2cc1C. The highest BCUT2D eigenvalue weighted by molar-refractivity contribution is 5.81. The summed E-state index contributed by atoms with van der Waals surface area (Å²) in [7, 11) is 0. The summed E-state index contributed by atoms with van der Waals surface area (Å²) in [5, 5.41) is 9.25. The fourth-order valence-corrected chi connectivity index (χ4v) is 2.21. The summed E-state index contributed by atoms with van der Waals surface area (Å²) in [6.45, 7) is 7.47. The number of carboxylic acids is 1. The maximum absolute atomic E-state index is 11.3. The fraction of sp³-hybridized carbons (Fsp3) is 0.429. The molecule has 2 unspecified atom stereocenters. The molecule has 0 aliphatic heterocycles. The molecule has 1 aromatic carbocycles. The lowest BCUT2D eigenvalue weighted by molar-refractivity contribution is -0.140. The quantitative estimate of drug-likeness (QED) is 0.888.